The molecule has 0 aromatic heterocycles. The first-order valence-electron chi connectivity index (χ1n) is 35.2. The number of hydrogen-bond donors (Lipinski definition) is 3. The summed E-state index contributed by atoms with van der Waals surface area (Å²) in [6.45, 7) is 14.0. The van der Waals surface area contributed by atoms with Crippen molar-refractivity contribution in [3.63, 3.8) is 0 Å². The van der Waals surface area contributed by atoms with Gasteiger partial charge in [-0.2, -0.15) is 0 Å². The molecule has 0 saturated carbocycles. The Morgan fingerprint density at radius 1 is 0.322 bits per heavy atom. The van der Waals surface area contributed by atoms with Crippen LogP contribution in [0.4, 0.5) is 0 Å². The average Bonchev–Trinajstić information content (AvgIpc) is 3.69. The third-order valence-electron chi connectivity index (χ3n) is 15.9. The van der Waals surface area contributed by atoms with Gasteiger partial charge in [0.2, 0.25) is 0 Å². The van der Waals surface area contributed by atoms with E-state index in [1.54, 1.807) is 0 Å². The molecular weight excluding hydrogens is 1150 g/mol. The summed E-state index contributed by atoms with van der Waals surface area (Å²) in [6, 6.07) is 0. The Morgan fingerprint density at radius 2 is 0.552 bits per heavy atom. The summed E-state index contributed by atoms with van der Waals surface area (Å²) in [5.74, 6) is 0.825. The molecular formula is C68H132O17P2. The molecule has 0 radical (unpaired) electrons. The van der Waals surface area contributed by atoms with Crippen LogP contribution in [-0.2, 0) is 65.4 Å². The molecule has 0 fully saturated rings. The Bertz CT molecular complexity index is 1730. The van der Waals surface area contributed by atoms with Crippen LogP contribution in [0.25, 0.3) is 0 Å². The van der Waals surface area contributed by atoms with Gasteiger partial charge in [0.05, 0.1) is 26.4 Å². The Hall–Kier alpha value is -1.94. The molecule has 516 valence electrons. The summed E-state index contributed by atoms with van der Waals surface area (Å²) in [7, 11) is -9.90. The van der Waals surface area contributed by atoms with E-state index in [-0.39, 0.29) is 25.7 Å². The van der Waals surface area contributed by atoms with Crippen LogP contribution in [0.5, 0.6) is 0 Å². The van der Waals surface area contributed by atoms with Crippen LogP contribution in [0.1, 0.15) is 331 Å². The van der Waals surface area contributed by atoms with Crippen LogP contribution in [0.3, 0.4) is 0 Å². The SMILES string of the molecule is CCC(C)CCCCCCCCCCC(=O)O[C@H](COC(=O)CCCCCCCCCCCCC(C)C)COP(=O)(O)OC[C@@H](O)COP(=O)(O)OC[C@@H](COC(=O)CCCCCCCCC(C)C)OC(=O)CCCCCCCCCCCCC(C)C. The number of phosphoric ester groups is 2. The molecule has 87 heavy (non-hydrogen) atoms. The van der Waals surface area contributed by atoms with Gasteiger partial charge in [0.1, 0.15) is 19.3 Å². The molecule has 3 N–H and O–H groups in total. The van der Waals surface area contributed by atoms with Gasteiger partial charge in [-0.1, -0.05) is 280 Å². The lowest BCUT2D eigenvalue weighted by Gasteiger charge is -2.21. The third kappa shape index (κ3) is 61.3. The molecule has 0 aliphatic rings. The van der Waals surface area contributed by atoms with E-state index in [1.165, 1.54) is 128 Å². The van der Waals surface area contributed by atoms with E-state index in [0.717, 1.165) is 114 Å². The first-order chi connectivity index (χ1) is 41.6. The van der Waals surface area contributed by atoms with E-state index < -0.39 is 97.5 Å². The predicted molar refractivity (Wildman–Crippen MR) is 349 cm³/mol. The van der Waals surface area contributed by atoms with Crippen molar-refractivity contribution in [3.05, 3.63) is 0 Å². The molecule has 0 bridgehead atoms. The van der Waals surface area contributed by atoms with Gasteiger partial charge in [0.25, 0.3) is 0 Å². The van der Waals surface area contributed by atoms with Crippen LogP contribution in [0.15, 0.2) is 0 Å². The maximum atomic E-state index is 13.0. The fourth-order valence-corrected chi connectivity index (χ4v) is 11.7. The number of aliphatic hydroxyl groups is 1. The molecule has 6 atom stereocenters. The molecule has 0 aliphatic heterocycles. The number of phosphoric acid groups is 2. The van der Waals surface area contributed by atoms with Gasteiger partial charge in [0.15, 0.2) is 12.2 Å². The highest BCUT2D eigenvalue weighted by Gasteiger charge is 2.30. The molecule has 0 amide bonds. The minimum atomic E-state index is -4.95. The van der Waals surface area contributed by atoms with Crippen LogP contribution in [0.2, 0.25) is 0 Å². The lowest BCUT2D eigenvalue weighted by Crippen LogP contribution is -2.30. The maximum absolute atomic E-state index is 13.0. The van der Waals surface area contributed by atoms with Gasteiger partial charge in [0, 0.05) is 25.7 Å². The first-order valence-corrected chi connectivity index (χ1v) is 38.2. The molecule has 0 heterocycles. The van der Waals surface area contributed by atoms with E-state index in [4.69, 9.17) is 37.0 Å². The van der Waals surface area contributed by atoms with Gasteiger partial charge < -0.3 is 33.8 Å². The zero-order valence-corrected chi connectivity index (χ0v) is 58.4. The lowest BCUT2D eigenvalue weighted by atomic mass is 9.99. The normalized spacial score (nSPS) is 14.6. The Labute approximate surface area is 530 Å². The van der Waals surface area contributed by atoms with E-state index in [9.17, 15) is 43.2 Å². The van der Waals surface area contributed by atoms with E-state index >= 15 is 0 Å². The number of aliphatic hydroxyl groups excluding tert-OH is 1. The van der Waals surface area contributed by atoms with Gasteiger partial charge in [-0.25, -0.2) is 9.13 Å². The molecule has 0 aromatic rings. The smallest absolute Gasteiger partial charge is 0.462 e. The molecule has 0 rings (SSSR count). The Balaban J connectivity index is 5.26. The van der Waals surface area contributed by atoms with E-state index in [0.29, 0.717) is 31.6 Å². The molecule has 0 aliphatic carbocycles. The Morgan fingerprint density at radius 3 is 0.816 bits per heavy atom. The van der Waals surface area contributed by atoms with Gasteiger partial charge in [-0.05, 0) is 49.4 Å². The summed E-state index contributed by atoms with van der Waals surface area (Å²) in [5.41, 5.74) is 0. The van der Waals surface area contributed by atoms with Crippen molar-refractivity contribution in [1.29, 1.82) is 0 Å². The summed E-state index contributed by atoms with van der Waals surface area (Å²) in [5, 5.41) is 10.6. The van der Waals surface area contributed by atoms with Crippen molar-refractivity contribution in [3.8, 4) is 0 Å². The number of rotatable bonds is 65. The number of unbranched alkanes of at least 4 members (excludes halogenated alkanes) is 30. The van der Waals surface area contributed by atoms with Crippen molar-refractivity contribution in [1.82, 2.24) is 0 Å². The number of carbonyl (C=O) groups excluding carboxylic acids is 4. The molecule has 3 unspecified atom stereocenters. The predicted octanol–water partition coefficient (Wildman–Crippen LogP) is 18.9. The van der Waals surface area contributed by atoms with Crippen LogP contribution >= 0.6 is 15.6 Å². The quantitative estimate of drug-likeness (QED) is 0.0222. The zero-order chi connectivity index (χ0) is 64.7. The number of hydrogen-bond acceptors (Lipinski definition) is 15. The maximum Gasteiger partial charge on any atom is 0.472 e. The van der Waals surface area contributed by atoms with Gasteiger partial charge in [-0.15, -0.1) is 0 Å². The van der Waals surface area contributed by atoms with E-state index in [2.05, 4.69) is 55.4 Å². The van der Waals surface area contributed by atoms with Crippen LogP contribution in [0, 0.1) is 23.7 Å². The summed E-state index contributed by atoms with van der Waals surface area (Å²) in [6.07, 6.45) is 39.0. The van der Waals surface area contributed by atoms with Crippen molar-refractivity contribution in [2.45, 2.75) is 350 Å². The topological polar surface area (TPSA) is 237 Å². The fraction of sp³-hybridized carbons (Fsp3) is 0.941. The highest BCUT2D eigenvalue weighted by molar-refractivity contribution is 7.47. The van der Waals surface area contributed by atoms with E-state index in [1.807, 2.05) is 0 Å². The van der Waals surface area contributed by atoms with Crippen LogP contribution in [-0.4, -0.2) is 96.7 Å². The summed E-state index contributed by atoms with van der Waals surface area (Å²) in [4.78, 5) is 72.4. The monoisotopic (exact) mass is 1280 g/mol. The molecule has 0 spiro atoms. The van der Waals surface area contributed by atoms with Crippen molar-refractivity contribution in [2.75, 3.05) is 39.6 Å². The van der Waals surface area contributed by atoms with Crippen molar-refractivity contribution < 1.29 is 80.2 Å². The molecule has 17 nitrogen and oxygen atoms in total. The van der Waals surface area contributed by atoms with Crippen molar-refractivity contribution >= 4 is 39.5 Å². The minimum Gasteiger partial charge on any atom is -0.462 e. The van der Waals surface area contributed by atoms with Gasteiger partial charge in [-0.3, -0.25) is 37.3 Å². The summed E-state index contributed by atoms with van der Waals surface area (Å²) < 4.78 is 68.2. The van der Waals surface area contributed by atoms with Crippen LogP contribution < -0.4 is 0 Å². The van der Waals surface area contributed by atoms with Gasteiger partial charge >= 0.3 is 39.5 Å². The fourth-order valence-electron chi connectivity index (χ4n) is 10.1. The van der Waals surface area contributed by atoms with Crippen molar-refractivity contribution in [2.24, 2.45) is 23.7 Å². The first kappa shape index (κ1) is 85.1. The zero-order valence-electron chi connectivity index (χ0n) is 56.6. The number of ether oxygens (including phenoxy) is 4. The second-order valence-corrected chi connectivity index (χ2v) is 29.1. The standard InChI is InChI=1S/C68H132O17P2/c1-9-61(8)47-39-31-22-18-19-25-35-43-51-68(73)85-63(54-78-65(70)48-40-32-23-16-12-10-14-20-28-36-44-58(2)3)56-82-86(74,75)80-52-62(69)53-81-87(76,77)83-57-64(55-79-66(71)49-41-33-27-26-30-38-46-60(6)7)84-67(72)50-42-34-24-17-13-11-15-21-29-37-45-59(4)5/h58-64,69H,9-57H2,1-8H3,(H,74,75)(H,76,77)/t61?,62-,63-,64-/m1/s1. The number of carbonyl (C=O) groups is 4. The second-order valence-electron chi connectivity index (χ2n) is 26.2. The average molecular weight is 1280 g/mol. The summed E-state index contributed by atoms with van der Waals surface area (Å²) >= 11 is 0. The largest absolute Gasteiger partial charge is 0.472 e. The minimum absolute atomic E-state index is 0.104. The molecule has 0 aromatic carbocycles. The third-order valence-corrected chi connectivity index (χ3v) is 17.8. The Kier molecular flexibility index (Phi) is 56.6. The number of esters is 4. The second kappa shape index (κ2) is 57.9. The highest BCUT2D eigenvalue weighted by Crippen LogP contribution is 2.45. The highest BCUT2D eigenvalue weighted by atomic mass is 31.2. The molecule has 19 heteroatoms. The molecule has 0 saturated heterocycles. The lowest BCUT2D eigenvalue weighted by molar-refractivity contribution is -0.161.